The van der Waals surface area contributed by atoms with Crippen LogP contribution in [0.3, 0.4) is 0 Å². The molecule has 1 heterocycles. The van der Waals surface area contributed by atoms with E-state index in [9.17, 15) is 12.8 Å². The van der Waals surface area contributed by atoms with E-state index in [-0.39, 0.29) is 12.4 Å². The number of pyridine rings is 1. The van der Waals surface area contributed by atoms with Crippen molar-refractivity contribution < 1.29 is 12.8 Å². The van der Waals surface area contributed by atoms with Crippen molar-refractivity contribution >= 4 is 31.8 Å². The highest BCUT2D eigenvalue weighted by Gasteiger charge is 2.22. The number of hydrogen-bond acceptors (Lipinski definition) is 4. The zero-order chi connectivity index (χ0) is 14.0. The largest absolute Gasteiger partial charge is 0.366 e. The lowest BCUT2D eigenvalue weighted by Crippen LogP contribution is -2.47. The molecule has 1 aromatic heterocycles. The number of rotatable bonds is 5. The molecular weight excluding hydrogens is 325 g/mol. The Labute approximate surface area is 114 Å². The molecular formula is C10H15BrFN3O2S. The fourth-order valence-corrected chi connectivity index (χ4v) is 2.77. The van der Waals surface area contributed by atoms with Crippen molar-refractivity contribution in [3.8, 4) is 0 Å². The Hall–Kier alpha value is -0.730. The van der Waals surface area contributed by atoms with Gasteiger partial charge in [0, 0.05) is 22.8 Å². The normalized spacial score (nSPS) is 12.5. The molecule has 1 rings (SSSR count). The molecule has 1 aromatic rings. The van der Waals surface area contributed by atoms with Crippen LogP contribution in [-0.4, -0.2) is 31.7 Å². The molecule has 0 fully saturated rings. The van der Waals surface area contributed by atoms with Crippen molar-refractivity contribution in [3.63, 3.8) is 0 Å². The molecule has 0 radical (unpaired) electrons. The highest BCUT2D eigenvalue weighted by atomic mass is 79.9. The van der Waals surface area contributed by atoms with E-state index in [2.05, 4.69) is 31.0 Å². The molecule has 0 spiro atoms. The first-order chi connectivity index (χ1) is 8.09. The Morgan fingerprint density at radius 3 is 2.61 bits per heavy atom. The van der Waals surface area contributed by atoms with Crippen LogP contribution in [0, 0.1) is 5.82 Å². The molecule has 2 N–H and O–H groups in total. The maximum absolute atomic E-state index is 13.5. The molecule has 0 atom stereocenters. The lowest BCUT2D eigenvalue weighted by atomic mass is 10.1. The van der Waals surface area contributed by atoms with Gasteiger partial charge in [0.25, 0.3) is 0 Å². The van der Waals surface area contributed by atoms with Gasteiger partial charge in [-0.3, -0.25) is 0 Å². The molecule has 0 aliphatic rings. The fourth-order valence-electron chi connectivity index (χ4n) is 1.39. The van der Waals surface area contributed by atoms with Gasteiger partial charge in [-0.2, -0.15) is 0 Å². The number of halogens is 2. The fraction of sp³-hybridized carbons (Fsp3) is 0.500. The summed E-state index contributed by atoms with van der Waals surface area (Å²) >= 11 is 3.10. The van der Waals surface area contributed by atoms with E-state index in [1.807, 2.05) is 0 Å². The standard InChI is InChI=1S/C10H15BrFN3O2S/c1-10(2,15-18(3,16)17)6-14-9-8(12)4-7(11)5-13-9/h4-5,15H,6H2,1-3H3,(H,13,14). The number of hydrogen-bond donors (Lipinski definition) is 2. The second-order valence-electron chi connectivity index (χ2n) is 4.60. The second-order valence-corrected chi connectivity index (χ2v) is 7.26. The molecule has 0 bridgehead atoms. The van der Waals surface area contributed by atoms with Crippen molar-refractivity contribution in [2.24, 2.45) is 0 Å². The minimum atomic E-state index is -3.31. The zero-order valence-electron chi connectivity index (χ0n) is 10.3. The lowest BCUT2D eigenvalue weighted by Gasteiger charge is -2.25. The third kappa shape index (κ3) is 5.28. The zero-order valence-corrected chi connectivity index (χ0v) is 12.7. The van der Waals surface area contributed by atoms with Crippen LogP contribution in [0.4, 0.5) is 10.2 Å². The maximum atomic E-state index is 13.5. The predicted molar refractivity (Wildman–Crippen MR) is 72.4 cm³/mol. The summed E-state index contributed by atoms with van der Waals surface area (Å²) in [6, 6.07) is 1.28. The molecule has 8 heteroatoms. The first-order valence-electron chi connectivity index (χ1n) is 5.13. The summed E-state index contributed by atoms with van der Waals surface area (Å²) in [4.78, 5) is 3.87. The Balaban J connectivity index is 2.70. The van der Waals surface area contributed by atoms with Gasteiger partial charge in [0.2, 0.25) is 10.0 Å². The third-order valence-corrected chi connectivity index (χ3v) is 3.32. The minimum absolute atomic E-state index is 0.0848. The summed E-state index contributed by atoms with van der Waals surface area (Å²) in [6.45, 7) is 3.60. The van der Waals surface area contributed by atoms with Gasteiger partial charge in [0.1, 0.15) is 0 Å². The maximum Gasteiger partial charge on any atom is 0.209 e. The highest BCUT2D eigenvalue weighted by Crippen LogP contribution is 2.16. The molecule has 0 aliphatic heterocycles. The van der Waals surface area contributed by atoms with Crippen LogP contribution in [0.2, 0.25) is 0 Å². The van der Waals surface area contributed by atoms with Crippen LogP contribution in [0.5, 0.6) is 0 Å². The van der Waals surface area contributed by atoms with Gasteiger partial charge in [0.05, 0.1) is 6.26 Å². The van der Waals surface area contributed by atoms with Crippen molar-refractivity contribution in [1.29, 1.82) is 0 Å². The average Bonchev–Trinajstić information content (AvgIpc) is 2.12. The van der Waals surface area contributed by atoms with E-state index in [0.29, 0.717) is 4.47 Å². The third-order valence-electron chi connectivity index (χ3n) is 1.97. The van der Waals surface area contributed by atoms with E-state index in [1.54, 1.807) is 13.8 Å². The van der Waals surface area contributed by atoms with E-state index in [1.165, 1.54) is 12.3 Å². The monoisotopic (exact) mass is 339 g/mol. The smallest absolute Gasteiger partial charge is 0.209 e. The van der Waals surface area contributed by atoms with Gasteiger partial charge in [-0.05, 0) is 35.8 Å². The summed E-state index contributed by atoms with van der Waals surface area (Å²) in [7, 11) is -3.31. The van der Waals surface area contributed by atoms with Gasteiger partial charge in [-0.1, -0.05) is 0 Å². The molecule has 18 heavy (non-hydrogen) atoms. The first kappa shape index (κ1) is 15.3. The first-order valence-corrected chi connectivity index (χ1v) is 7.81. The molecule has 5 nitrogen and oxygen atoms in total. The van der Waals surface area contributed by atoms with Crippen molar-refractivity contribution in [3.05, 3.63) is 22.6 Å². The van der Waals surface area contributed by atoms with Crippen LogP contribution in [0.15, 0.2) is 16.7 Å². The summed E-state index contributed by atoms with van der Waals surface area (Å²) in [5.41, 5.74) is -0.741. The molecule has 0 aliphatic carbocycles. The van der Waals surface area contributed by atoms with E-state index in [0.717, 1.165) is 6.26 Å². The average molecular weight is 340 g/mol. The van der Waals surface area contributed by atoms with E-state index < -0.39 is 21.4 Å². The molecule has 0 amide bonds. The van der Waals surface area contributed by atoms with Crippen molar-refractivity contribution in [2.45, 2.75) is 19.4 Å². The van der Waals surface area contributed by atoms with E-state index >= 15 is 0 Å². The molecule has 0 saturated carbocycles. The number of sulfonamides is 1. The van der Waals surface area contributed by atoms with E-state index in [4.69, 9.17) is 0 Å². The summed E-state index contributed by atoms with van der Waals surface area (Å²) < 4.78 is 38.7. The van der Waals surface area contributed by atoms with Crippen LogP contribution >= 0.6 is 15.9 Å². The van der Waals surface area contributed by atoms with Gasteiger partial charge in [-0.25, -0.2) is 22.5 Å². The van der Waals surface area contributed by atoms with Crippen LogP contribution < -0.4 is 10.0 Å². The van der Waals surface area contributed by atoms with Crippen LogP contribution in [-0.2, 0) is 10.0 Å². The summed E-state index contributed by atoms with van der Waals surface area (Å²) in [6.07, 6.45) is 2.54. The van der Waals surface area contributed by atoms with Crippen molar-refractivity contribution in [2.75, 3.05) is 18.1 Å². The number of anilines is 1. The number of nitrogens with zero attached hydrogens (tertiary/aromatic N) is 1. The molecule has 102 valence electrons. The molecule has 0 aromatic carbocycles. The topological polar surface area (TPSA) is 71.1 Å². The second kappa shape index (κ2) is 5.50. The van der Waals surface area contributed by atoms with Gasteiger partial charge < -0.3 is 5.32 Å². The SMILES string of the molecule is CC(C)(CNc1ncc(Br)cc1F)NS(C)(=O)=O. The predicted octanol–water partition coefficient (Wildman–Crippen LogP) is 1.72. The lowest BCUT2D eigenvalue weighted by molar-refractivity contribution is 0.474. The highest BCUT2D eigenvalue weighted by molar-refractivity contribution is 9.10. The van der Waals surface area contributed by atoms with Gasteiger partial charge in [0.15, 0.2) is 11.6 Å². The Bertz CT molecular complexity index is 534. The summed E-state index contributed by atoms with van der Waals surface area (Å²) in [5, 5.41) is 2.77. The minimum Gasteiger partial charge on any atom is -0.366 e. The van der Waals surface area contributed by atoms with Crippen LogP contribution in [0.1, 0.15) is 13.8 Å². The number of nitrogens with one attached hydrogen (secondary N) is 2. The number of aromatic nitrogens is 1. The molecule has 0 saturated heterocycles. The van der Waals surface area contributed by atoms with Gasteiger partial charge >= 0.3 is 0 Å². The summed E-state index contributed by atoms with van der Waals surface area (Å²) in [5.74, 6) is -0.416. The van der Waals surface area contributed by atoms with Crippen LogP contribution in [0.25, 0.3) is 0 Å². The van der Waals surface area contributed by atoms with Crippen molar-refractivity contribution in [1.82, 2.24) is 9.71 Å². The molecule has 0 unspecified atom stereocenters. The Morgan fingerprint density at radius 1 is 1.50 bits per heavy atom. The Morgan fingerprint density at radius 2 is 2.11 bits per heavy atom. The van der Waals surface area contributed by atoms with Gasteiger partial charge in [-0.15, -0.1) is 0 Å². The Kier molecular flexibility index (Phi) is 4.68. The quantitative estimate of drug-likeness (QED) is 0.856.